The lowest BCUT2D eigenvalue weighted by Gasteiger charge is -2.21. The number of carboxylic acid groups (broad SMARTS) is 1. The molecule has 6 nitrogen and oxygen atoms in total. The van der Waals surface area contributed by atoms with Crippen molar-refractivity contribution < 1.29 is 19.5 Å². The second-order valence-corrected chi connectivity index (χ2v) is 4.96. The average Bonchev–Trinajstić information content (AvgIpc) is 2.97. The van der Waals surface area contributed by atoms with E-state index in [0.717, 1.165) is 0 Å². The first-order valence-corrected chi connectivity index (χ1v) is 6.95. The zero-order valence-electron chi connectivity index (χ0n) is 11.6. The van der Waals surface area contributed by atoms with Crippen LogP contribution in [0.25, 0.3) is 0 Å². The SMILES string of the molecule is O=C(NCCC(=O)N1CCCC1C(=O)O)c1ccccc1. The van der Waals surface area contributed by atoms with Crippen LogP contribution in [0.15, 0.2) is 30.3 Å². The molecule has 1 aliphatic heterocycles. The Morgan fingerprint density at radius 2 is 1.95 bits per heavy atom. The molecule has 1 atom stereocenters. The van der Waals surface area contributed by atoms with Crippen LogP contribution in [0.2, 0.25) is 0 Å². The maximum atomic E-state index is 12.0. The number of nitrogens with zero attached hydrogens (tertiary/aromatic N) is 1. The van der Waals surface area contributed by atoms with Crippen molar-refractivity contribution >= 4 is 17.8 Å². The van der Waals surface area contributed by atoms with Crippen molar-refractivity contribution in [2.24, 2.45) is 0 Å². The Labute approximate surface area is 122 Å². The van der Waals surface area contributed by atoms with Gasteiger partial charge >= 0.3 is 5.97 Å². The Morgan fingerprint density at radius 3 is 2.62 bits per heavy atom. The second kappa shape index (κ2) is 6.88. The number of nitrogens with one attached hydrogen (secondary N) is 1. The summed E-state index contributed by atoms with van der Waals surface area (Å²) in [7, 11) is 0. The molecule has 1 saturated heterocycles. The zero-order valence-corrected chi connectivity index (χ0v) is 11.6. The van der Waals surface area contributed by atoms with Gasteiger partial charge in [0.25, 0.3) is 5.91 Å². The molecule has 2 rings (SSSR count). The fourth-order valence-electron chi connectivity index (χ4n) is 2.44. The first-order valence-electron chi connectivity index (χ1n) is 6.95. The summed E-state index contributed by atoms with van der Waals surface area (Å²) in [5.41, 5.74) is 0.537. The maximum Gasteiger partial charge on any atom is 0.326 e. The molecule has 1 aliphatic rings. The number of amides is 2. The molecule has 6 heteroatoms. The van der Waals surface area contributed by atoms with Crippen LogP contribution in [0.1, 0.15) is 29.6 Å². The van der Waals surface area contributed by atoms with Crippen LogP contribution in [-0.2, 0) is 9.59 Å². The second-order valence-electron chi connectivity index (χ2n) is 4.96. The van der Waals surface area contributed by atoms with E-state index in [0.29, 0.717) is 24.9 Å². The van der Waals surface area contributed by atoms with Gasteiger partial charge in [-0.25, -0.2) is 4.79 Å². The van der Waals surface area contributed by atoms with Gasteiger partial charge in [0.1, 0.15) is 6.04 Å². The van der Waals surface area contributed by atoms with E-state index in [1.54, 1.807) is 24.3 Å². The Balaban J connectivity index is 1.79. The first kappa shape index (κ1) is 15.0. The highest BCUT2D eigenvalue weighted by molar-refractivity contribution is 5.94. The quantitative estimate of drug-likeness (QED) is 0.843. The van der Waals surface area contributed by atoms with Crippen molar-refractivity contribution in [1.82, 2.24) is 10.2 Å². The lowest BCUT2D eigenvalue weighted by atomic mass is 10.2. The molecule has 2 amide bonds. The Kier molecular flexibility index (Phi) is 4.92. The van der Waals surface area contributed by atoms with Crippen LogP contribution in [0.4, 0.5) is 0 Å². The minimum atomic E-state index is -0.964. The molecule has 0 spiro atoms. The molecular formula is C15H18N2O4. The monoisotopic (exact) mass is 290 g/mol. The topological polar surface area (TPSA) is 86.7 Å². The fraction of sp³-hybridized carbons (Fsp3) is 0.400. The molecule has 1 aromatic carbocycles. The first-order chi connectivity index (χ1) is 10.1. The summed E-state index contributed by atoms with van der Waals surface area (Å²) in [6.07, 6.45) is 1.32. The largest absolute Gasteiger partial charge is 0.480 e. The van der Waals surface area contributed by atoms with Crippen molar-refractivity contribution in [2.45, 2.75) is 25.3 Å². The minimum absolute atomic E-state index is 0.113. The van der Waals surface area contributed by atoms with Gasteiger partial charge in [0, 0.05) is 25.1 Å². The standard InChI is InChI=1S/C15H18N2O4/c18-13(17-10-4-7-12(17)15(20)21)8-9-16-14(19)11-5-2-1-3-6-11/h1-3,5-6,12H,4,7-10H2,(H,16,19)(H,20,21). The Morgan fingerprint density at radius 1 is 1.24 bits per heavy atom. The molecule has 0 bridgehead atoms. The van der Waals surface area contributed by atoms with Crippen molar-refractivity contribution in [3.8, 4) is 0 Å². The van der Waals surface area contributed by atoms with Gasteiger partial charge in [-0.3, -0.25) is 9.59 Å². The van der Waals surface area contributed by atoms with Crippen LogP contribution < -0.4 is 5.32 Å². The third-order valence-electron chi connectivity index (χ3n) is 3.52. The molecule has 1 fully saturated rings. The number of aliphatic carboxylic acids is 1. The van der Waals surface area contributed by atoms with Crippen LogP contribution in [0.5, 0.6) is 0 Å². The molecule has 2 N–H and O–H groups in total. The van der Waals surface area contributed by atoms with Crippen LogP contribution in [0, 0.1) is 0 Å². The zero-order chi connectivity index (χ0) is 15.2. The number of carbonyl (C=O) groups excluding carboxylic acids is 2. The van der Waals surface area contributed by atoms with Gasteiger partial charge < -0.3 is 15.3 Å². The molecule has 0 radical (unpaired) electrons. The average molecular weight is 290 g/mol. The van der Waals surface area contributed by atoms with Gasteiger partial charge in [-0.15, -0.1) is 0 Å². The predicted octanol–water partition coefficient (Wildman–Crippen LogP) is 0.882. The van der Waals surface area contributed by atoms with E-state index >= 15 is 0 Å². The molecule has 0 aromatic heterocycles. The highest BCUT2D eigenvalue weighted by Crippen LogP contribution is 2.18. The van der Waals surface area contributed by atoms with Crippen LogP contribution in [-0.4, -0.2) is 46.9 Å². The van der Waals surface area contributed by atoms with Gasteiger partial charge in [0.15, 0.2) is 0 Å². The lowest BCUT2D eigenvalue weighted by molar-refractivity contribution is -0.148. The minimum Gasteiger partial charge on any atom is -0.480 e. The van der Waals surface area contributed by atoms with E-state index in [4.69, 9.17) is 5.11 Å². The maximum absolute atomic E-state index is 12.0. The number of carboxylic acids is 1. The van der Waals surface area contributed by atoms with Gasteiger partial charge in [-0.2, -0.15) is 0 Å². The van der Waals surface area contributed by atoms with Gasteiger partial charge in [0.05, 0.1) is 0 Å². The van der Waals surface area contributed by atoms with E-state index < -0.39 is 12.0 Å². The molecular weight excluding hydrogens is 272 g/mol. The van der Waals surface area contributed by atoms with E-state index in [1.807, 2.05) is 6.07 Å². The van der Waals surface area contributed by atoms with E-state index in [1.165, 1.54) is 4.90 Å². The van der Waals surface area contributed by atoms with E-state index in [2.05, 4.69) is 5.32 Å². The van der Waals surface area contributed by atoms with Gasteiger partial charge in [-0.1, -0.05) is 18.2 Å². The fourth-order valence-corrected chi connectivity index (χ4v) is 2.44. The number of carbonyl (C=O) groups is 3. The highest BCUT2D eigenvalue weighted by Gasteiger charge is 2.33. The molecule has 21 heavy (non-hydrogen) atoms. The normalized spacial score (nSPS) is 17.5. The number of rotatable bonds is 5. The Bertz CT molecular complexity index is 530. The summed E-state index contributed by atoms with van der Waals surface area (Å²) in [5.74, 6) is -1.43. The van der Waals surface area contributed by atoms with Crippen molar-refractivity contribution in [1.29, 1.82) is 0 Å². The van der Waals surface area contributed by atoms with Crippen molar-refractivity contribution in [3.63, 3.8) is 0 Å². The summed E-state index contributed by atoms with van der Waals surface area (Å²) >= 11 is 0. The van der Waals surface area contributed by atoms with E-state index in [-0.39, 0.29) is 24.8 Å². The number of hydrogen-bond donors (Lipinski definition) is 2. The third kappa shape index (κ3) is 3.81. The summed E-state index contributed by atoms with van der Waals surface area (Å²) in [4.78, 5) is 36.2. The molecule has 112 valence electrons. The Hall–Kier alpha value is -2.37. The molecule has 0 saturated carbocycles. The molecule has 1 unspecified atom stereocenters. The molecule has 1 aromatic rings. The van der Waals surface area contributed by atoms with Gasteiger partial charge in [0.2, 0.25) is 5.91 Å². The van der Waals surface area contributed by atoms with E-state index in [9.17, 15) is 14.4 Å². The third-order valence-corrected chi connectivity index (χ3v) is 3.52. The summed E-state index contributed by atoms with van der Waals surface area (Å²) < 4.78 is 0. The summed E-state index contributed by atoms with van der Waals surface area (Å²) in [5, 5.41) is 11.7. The lowest BCUT2D eigenvalue weighted by Crippen LogP contribution is -2.41. The van der Waals surface area contributed by atoms with Crippen molar-refractivity contribution in [3.05, 3.63) is 35.9 Å². The van der Waals surface area contributed by atoms with Crippen LogP contribution >= 0.6 is 0 Å². The smallest absolute Gasteiger partial charge is 0.326 e. The van der Waals surface area contributed by atoms with Gasteiger partial charge in [-0.05, 0) is 25.0 Å². The molecule has 0 aliphatic carbocycles. The molecule has 1 heterocycles. The van der Waals surface area contributed by atoms with Crippen molar-refractivity contribution in [2.75, 3.05) is 13.1 Å². The number of hydrogen-bond acceptors (Lipinski definition) is 3. The number of benzene rings is 1. The summed E-state index contributed by atoms with van der Waals surface area (Å²) in [6.45, 7) is 0.678. The summed E-state index contributed by atoms with van der Waals surface area (Å²) in [6, 6.07) is 8.02. The predicted molar refractivity (Wildman–Crippen MR) is 75.8 cm³/mol. The number of likely N-dealkylation sites (tertiary alicyclic amines) is 1. The highest BCUT2D eigenvalue weighted by atomic mass is 16.4. The van der Waals surface area contributed by atoms with Crippen LogP contribution in [0.3, 0.4) is 0 Å².